The van der Waals surface area contributed by atoms with Crippen molar-refractivity contribution in [3.63, 3.8) is 0 Å². The van der Waals surface area contributed by atoms with Gasteiger partial charge in [-0.15, -0.1) is 10.2 Å². The maximum absolute atomic E-state index is 13.5. The Balaban J connectivity index is 1.91. The highest BCUT2D eigenvalue weighted by molar-refractivity contribution is 8.01. The van der Waals surface area contributed by atoms with E-state index in [0.29, 0.717) is 40.7 Å². The van der Waals surface area contributed by atoms with Crippen LogP contribution in [0.15, 0.2) is 51.3 Å². The summed E-state index contributed by atoms with van der Waals surface area (Å²) in [6, 6.07) is 9.78. The van der Waals surface area contributed by atoms with Crippen LogP contribution in [0.5, 0.6) is 5.75 Å². The lowest BCUT2D eigenvalue weighted by atomic mass is 9.68. The summed E-state index contributed by atoms with van der Waals surface area (Å²) < 4.78 is 6.25. The number of ether oxygens (including phenoxy) is 1. The number of benzene rings is 1. The zero-order valence-corrected chi connectivity index (χ0v) is 20.8. The number of carbonyl (C=O) groups is 1. The molecular weight excluding hydrogens is 454 g/mol. The Labute approximate surface area is 202 Å². The highest BCUT2D eigenvalue weighted by atomic mass is 32.2. The molecule has 1 unspecified atom stereocenters. The van der Waals surface area contributed by atoms with Crippen molar-refractivity contribution in [2.24, 2.45) is 11.1 Å². The van der Waals surface area contributed by atoms with Crippen molar-refractivity contribution in [2.75, 3.05) is 17.8 Å². The first kappa shape index (κ1) is 23.3. The molecule has 0 amide bonds. The Kier molecular flexibility index (Phi) is 6.50. The van der Waals surface area contributed by atoms with E-state index in [1.54, 1.807) is 23.8 Å². The molecule has 0 fully saturated rings. The summed E-state index contributed by atoms with van der Waals surface area (Å²) >= 11 is 3.08. The summed E-state index contributed by atoms with van der Waals surface area (Å²) in [5.74, 6) is 1.41. The van der Waals surface area contributed by atoms with Gasteiger partial charge in [0.05, 0.1) is 24.7 Å². The number of allylic oxidation sites excluding steroid dienone is 3. The van der Waals surface area contributed by atoms with Gasteiger partial charge in [0.25, 0.3) is 0 Å². The van der Waals surface area contributed by atoms with Gasteiger partial charge in [-0.2, -0.15) is 5.26 Å². The fourth-order valence-electron chi connectivity index (χ4n) is 4.42. The summed E-state index contributed by atoms with van der Waals surface area (Å²) in [7, 11) is 1.60. The van der Waals surface area contributed by atoms with Crippen LogP contribution in [0.1, 0.15) is 51.5 Å². The monoisotopic (exact) mass is 481 g/mol. The van der Waals surface area contributed by atoms with Gasteiger partial charge in [0.2, 0.25) is 5.13 Å². The largest absolute Gasteiger partial charge is 0.497 e. The summed E-state index contributed by atoms with van der Waals surface area (Å²) in [6.07, 6.45) is 2.08. The van der Waals surface area contributed by atoms with Crippen molar-refractivity contribution in [1.82, 2.24) is 10.2 Å². The smallest absolute Gasteiger partial charge is 0.219 e. The van der Waals surface area contributed by atoms with E-state index in [9.17, 15) is 10.1 Å². The number of methoxy groups -OCH3 is 1. The second-order valence-corrected chi connectivity index (χ2v) is 11.3. The van der Waals surface area contributed by atoms with Gasteiger partial charge in [-0.05, 0) is 36.0 Å². The van der Waals surface area contributed by atoms with Crippen molar-refractivity contribution in [3.8, 4) is 11.8 Å². The van der Waals surface area contributed by atoms with Crippen LogP contribution < -0.4 is 15.4 Å². The Morgan fingerprint density at radius 2 is 2.15 bits per heavy atom. The van der Waals surface area contributed by atoms with Gasteiger partial charge in [0, 0.05) is 23.4 Å². The van der Waals surface area contributed by atoms with Crippen molar-refractivity contribution in [1.29, 1.82) is 5.26 Å². The SMILES string of the molecule is CCCSc1nnc(N2C(N)=C(C#N)C(c3cccc(OC)c3)C3=C2CC(C)(C)CC3=O)s1. The van der Waals surface area contributed by atoms with Crippen LogP contribution in [0.4, 0.5) is 5.13 Å². The minimum atomic E-state index is -0.540. The number of Topliss-reactive ketones (excluding diaryl/α,β-unsaturated/α-hetero) is 1. The molecule has 0 spiro atoms. The summed E-state index contributed by atoms with van der Waals surface area (Å²) in [6.45, 7) is 6.27. The average Bonchev–Trinajstić information content (AvgIpc) is 3.24. The Morgan fingerprint density at radius 1 is 1.36 bits per heavy atom. The third-order valence-electron chi connectivity index (χ3n) is 5.82. The highest BCUT2D eigenvalue weighted by Gasteiger charge is 2.45. The van der Waals surface area contributed by atoms with Crippen LogP contribution >= 0.6 is 23.1 Å². The molecule has 2 aromatic rings. The second kappa shape index (κ2) is 9.20. The standard InChI is InChI=1S/C24H27N5O2S2/c1-5-9-32-23-28-27-22(33-23)29-17-11-24(2,3)12-18(30)20(17)19(16(13-25)21(29)26)14-7-6-8-15(10-14)31-4/h6-8,10,19H,5,9,11-12,26H2,1-4H3. The minimum absolute atomic E-state index is 0.0319. The first-order valence-corrected chi connectivity index (χ1v) is 12.7. The molecule has 1 aliphatic heterocycles. The molecule has 0 saturated carbocycles. The van der Waals surface area contributed by atoms with Crippen LogP contribution in [0.3, 0.4) is 0 Å². The fourth-order valence-corrected chi connectivity index (χ4v) is 6.23. The molecule has 0 radical (unpaired) electrons. The fraction of sp³-hybridized carbons (Fsp3) is 0.417. The van der Waals surface area contributed by atoms with Crippen molar-refractivity contribution in [3.05, 3.63) is 52.5 Å². The predicted octanol–water partition coefficient (Wildman–Crippen LogP) is 4.99. The number of carbonyl (C=O) groups excluding carboxylic acids is 1. The van der Waals surface area contributed by atoms with Gasteiger partial charge in [0.15, 0.2) is 10.1 Å². The maximum Gasteiger partial charge on any atom is 0.219 e. The first-order valence-electron chi connectivity index (χ1n) is 10.9. The van der Waals surface area contributed by atoms with E-state index in [-0.39, 0.29) is 11.2 Å². The third-order valence-corrected chi connectivity index (χ3v) is 8.07. The molecule has 9 heteroatoms. The lowest BCUT2D eigenvalue weighted by Crippen LogP contribution is -2.42. The molecule has 7 nitrogen and oxygen atoms in total. The molecule has 1 atom stereocenters. The van der Waals surface area contributed by atoms with Crippen LogP contribution in [0, 0.1) is 16.7 Å². The summed E-state index contributed by atoms with van der Waals surface area (Å²) in [5, 5.41) is 19.4. The Hall–Kier alpha value is -2.83. The average molecular weight is 482 g/mol. The zero-order chi connectivity index (χ0) is 23.8. The minimum Gasteiger partial charge on any atom is -0.497 e. The number of ketones is 1. The lowest BCUT2D eigenvalue weighted by molar-refractivity contribution is -0.118. The number of nitriles is 1. The number of rotatable bonds is 6. The lowest BCUT2D eigenvalue weighted by Gasteiger charge is -2.42. The van der Waals surface area contributed by atoms with E-state index in [1.807, 2.05) is 24.3 Å². The number of nitrogens with zero attached hydrogens (tertiary/aromatic N) is 4. The van der Waals surface area contributed by atoms with Crippen LogP contribution in [-0.4, -0.2) is 28.8 Å². The van der Waals surface area contributed by atoms with Gasteiger partial charge >= 0.3 is 0 Å². The number of thioether (sulfide) groups is 1. The quantitative estimate of drug-likeness (QED) is 0.575. The summed E-state index contributed by atoms with van der Waals surface area (Å²) in [5.41, 5.74) is 9.00. The highest BCUT2D eigenvalue weighted by Crippen LogP contribution is 2.51. The van der Waals surface area contributed by atoms with E-state index < -0.39 is 5.92 Å². The molecule has 1 aromatic heterocycles. The molecule has 1 aromatic carbocycles. The predicted molar refractivity (Wildman–Crippen MR) is 131 cm³/mol. The van der Waals surface area contributed by atoms with E-state index in [4.69, 9.17) is 10.5 Å². The van der Waals surface area contributed by atoms with E-state index in [0.717, 1.165) is 27.8 Å². The van der Waals surface area contributed by atoms with Crippen LogP contribution in [-0.2, 0) is 4.79 Å². The van der Waals surface area contributed by atoms with Gasteiger partial charge in [-0.3, -0.25) is 9.69 Å². The molecule has 0 bridgehead atoms. The molecule has 0 saturated heterocycles. The Morgan fingerprint density at radius 3 is 2.85 bits per heavy atom. The number of hydrogen-bond donors (Lipinski definition) is 1. The van der Waals surface area contributed by atoms with E-state index in [1.165, 1.54) is 11.3 Å². The van der Waals surface area contributed by atoms with Gasteiger partial charge in [0.1, 0.15) is 11.6 Å². The number of anilines is 1. The molecule has 4 rings (SSSR count). The van der Waals surface area contributed by atoms with Gasteiger partial charge < -0.3 is 10.5 Å². The number of aromatic nitrogens is 2. The van der Waals surface area contributed by atoms with E-state index >= 15 is 0 Å². The maximum atomic E-state index is 13.5. The van der Waals surface area contributed by atoms with Crippen LogP contribution in [0.25, 0.3) is 0 Å². The molecule has 2 aliphatic rings. The Bertz CT molecular complexity index is 1190. The molecule has 1 aliphatic carbocycles. The van der Waals surface area contributed by atoms with Crippen LogP contribution in [0.2, 0.25) is 0 Å². The van der Waals surface area contributed by atoms with E-state index in [2.05, 4.69) is 37.0 Å². The number of hydrogen-bond acceptors (Lipinski definition) is 9. The molecule has 2 N–H and O–H groups in total. The van der Waals surface area contributed by atoms with Crippen molar-refractivity contribution >= 4 is 34.0 Å². The summed E-state index contributed by atoms with van der Waals surface area (Å²) in [4.78, 5) is 15.3. The van der Waals surface area contributed by atoms with Crippen molar-refractivity contribution < 1.29 is 9.53 Å². The molecular formula is C24H27N5O2S2. The van der Waals surface area contributed by atoms with Gasteiger partial charge in [-0.1, -0.05) is 56.0 Å². The third kappa shape index (κ3) is 4.37. The molecule has 33 heavy (non-hydrogen) atoms. The topological polar surface area (TPSA) is 105 Å². The van der Waals surface area contributed by atoms with Crippen molar-refractivity contribution in [2.45, 2.75) is 50.3 Å². The van der Waals surface area contributed by atoms with Gasteiger partial charge in [-0.25, -0.2) is 0 Å². The first-order chi connectivity index (χ1) is 15.8. The molecule has 172 valence electrons. The number of nitrogens with two attached hydrogens (primary N) is 1. The molecule has 2 heterocycles. The second-order valence-electron chi connectivity index (χ2n) is 8.96. The normalized spacial score (nSPS) is 20.0. The zero-order valence-electron chi connectivity index (χ0n) is 19.2.